The second-order valence-corrected chi connectivity index (χ2v) is 5.20. The predicted molar refractivity (Wildman–Crippen MR) is 85.4 cm³/mol. The van der Waals surface area contributed by atoms with Crippen LogP contribution in [0.3, 0.4) is 0 Å². The number of para-hydroxylation sites is 1. The van der Waals surface area contributed by atoms with Gasteiger partial charge in [-0.1, -0.05) is 37.6 Å². The van der Waals surface area contributed by atoms with Gasteiger partial charge >= 0.3 is 0 Å². The third kappa shape index (κ3) is 5.90. The lowest BCUT2D eigenvalue weighted by Gasteiger charge is -2.22. The maximum Gasteiger partial charge on any atom is 0.238 e. The number of anilines is 1. The molecule has 0 spiro atoms. The number of hydrogen-bond donors (Lipinski definition) is 1. The van der Waals surface area contributed by atoms with Gasteiger partial charge in [-0.25, -0.2) is 0 Å². The Balaban J connectivity index is 2.37. The fourth-order valence-electron chi connectivity index (χ4n) is 1.93. The monoisotopic (exact) mass is 297 g/mol. The third-order valence-corrected chi connectivity index (χ3v) is 3.58. The van der Waals surface area contributed by atoms with Gasteiger partial charge in [0.15, 0.2) is 0 Å². The van der Waals surface area contributed by atoms with Crippen LogP contribution in [-0.2, 0) is 4.79 Å². The number of amides is 1. The average Bonchev–Trinajstić information content (AvgIpc) is 2.42. The van der Waals surface area contributed by atoms with Crippen molar-refractivity contribution < 1.29 is 4.79 Å². The number of nitrogens with one attached hydrogen (secondary N) is 1. The third-order valence-electron chi connectivity index (χ3n) is 3.25. The number of likely N-dealkylation sites (N-methyl/N-ethyl adjacent to an activating group) is 2. The summed E-state index contributed by atoms with van der Waals surface area (Å²) in [4.78, 5) is 16.3. The molecule has 1 aromatic carbocycles. The molecule has 0 radical (unpaired) electrons. The molecular weight excluding hydrogens is 274 g/mol. The van der Waals surface area contributed by atoms with Crippen LogP contribution in [0.2, 0.25) is 5.02 Å². The van der Waals surface area contributed by atoms with Crippen molar-refractivity contribution in [1.29, 1.82) is 0 Å². The fraction of sp³-hybridized carbons (Fsp3) is 0.533. The molecule has 0 bridgehead atoms. The lowest BCUT2D eigenvalue weighted by Crippen LogP contribution is -2.37. The van der Waals surface area contributed by atoms with Crippen LogP contribution in [0.4, 0.5) is 5.69 Å². The molecule has 0 heterocycles. The van der Waals surface area contributed by atoms with Gasteiger partial charge in [-0.2, -0.15) is 0 Å². The van der Waals surface area contributed by atoms with Crippen LogP contribution in [0, 0.1) is 0 Å². The summed E-state index contributed by atoms with van der Waals surface area (Å²) >= 11 is 6.01. The van der Waals surface area contributed by atoms with Gasteiger partial charge in [-0.05, 0) is 32.3 Å². The van der Waals surface area contributed by atoms with E-state index in [9.17, 15) is 4.79 Å². The lowest BCUT2D eigenvalue weighted by atomic mass is 10.3. The van der Waals surface area contributed by atoms with E-state index in [1.165, 1.54) is 0 Å². The highest BCUT2D eigenvalue weighted by Crippen LogP contribution is 2.20. The summed E-state index contributed by atoms with van der Waals surface area (Å²) < 4.78 is 0. The zero-order chi connectivity index (χ0) is 15.0. The number of hydrogen-bond acceptors (Lipinski definition) is 3. The van der Waals surface area contributed by atoms with E-state index in [0.29, 0.717) is 17.3 Å². The molecule has 1 N–H and O–H groups in total. The Bertz CT molecular complexity index is 421. The van der Waals surface area contributed by atoms with Crippen molar-refractivity contribution in [2.24, 2.45) is 0 Å². The van der Waals surface area contributed by atoms with Crippen LogP contribution in [-0.4, -0.2) is 55.5 Å². The molecule has 0 aliphatic rings. The summed E-state index contributed by atoms with van der Waals surface area (Å²) in [5.41, 5.74) is 0.663. The summed E-state index contributed by atoms with van der Waals surface area (Å²) in [6, 6.07) is 7.26. The smallest absolute Gasteiger partial charge is 0.238 e. The molecule has 0 aromatic heterocycles. The molecule has 0 aliphatic heterocycles. The van der Waals surface area contributed by atoms with Crippen LogP contribution in [0.1, 0.15) is 13.8 Å². The predicted octanol–water partition coefficient (Wildman–Crippen LogP) is 2.55. The quantitative estimate of drug-likeness (QED) is 0.801. The molecule has 0 atom stereocenters. The first-order chi connectivity index (χ1) is 9.56. The molecule has 1 rings (SSSR count). The summed E-state index contributed by atoms with van der Waals surface area (Å²) in [5, 5.41) is 3.39. The highest BCUT2D eigenvalue weighted by atomic mass is 35.5. The fourth-order valence-corrected chi connectivity index (χ4v) is 2.11. The van der Waals surface area contributed by atoms with Crippen molar-refractivity contribution in [1.82, 2.24) is 9.80 Å². The van der Waals surface area contributed by atoms with Gasteiger partial charge in [0, 0.05) is 13.1 Å². The first-order valence-corrected chi connectivity index (χ1v) is 7.39. The Morgan fingerprint density at radius 3 is 2.45 bits per heavy atom. The molecule has 0 aliphatic carbocycles. The maximum absolute atomic E-state index is 11.9. The van der Waals surface area contributed by atoms with Gasteiger partial charge in [0.25, 0.3) is 0 Å². The van der Waals surface area contributed by atoms with Crippen LogP contribution < -0.4 is 5.32 Å². The van der Waals surface area contributed by atoms with E-state index in [1.54, 1.807) is 12.1 Å². The van der Waals surface area contributed by atoms with Gasteiger partial charge < -0.3 is 10.2 Å². The highest BCUT2D eigenvalue weighted by molar-refractivity contribution is 6.33. The van der Waals surface area contributed by atoms with E-state index >= 15 is 0 Å². The minimum atomic E-state index is -0.0415. The van der Waals surface area contributed by atoms with Crippen LogP contribution in [0.25, 0.3) is 0 Å². The van der Waals surface area contributed by atoms with Gasteiger partial charge in [0.2, 0.25) is 5.91 Å². The molecule has 1 amide bonds. The summed E-state index contributed by atoms with van der Waals surface area (Å²) in [6.45, 7) is 8.58. The van der Waals surface area contributed by atoms with E-state index in [4.69, 9.17) is 11.6 Å². The molecular formula is C15H24ClN3O. The van der Waals surface area contributed by atoms with Gasteiger partial charge in [-0.15, -0.1) is 0 Å². The molecule has 0 unspecified atom stereocenters. The topological polar surface area (TPSA) is 35.6 Å². The van der Waals surface area contributed by atoms with Crippen molar-refractivity contribution in [2.75, 3.05) is 45.1 Å². The van der Waals surface area contributed by atoms with Crippen molar-refractivity contribution in [2.45, 2.75) is 13.8 Å². The number of halogens is 1. The number of rotatable bonds is 8. The molecule has 20 heavy (non-hydrogen) atoms. The Morgan fingerprint density at radius 1 is 1.20 bits per heavy atom. The van der Waals surface area contributed by atoms with Crippen molar-refractivity contribution in [3.63, 3.8) is 0 Å². The zero-order valence-electron chi connectivity index (χ0n) is 12.5. The minimum absolute atomic E-state index is 0.0415. The number of nitrogens with zero attached hydrogens (tertiary/aromatic N) is 2. The first-order valence-electron chi connectivity index (χ1n) is 7.02. The number of carbonyl (C=O) groups is 1. The summed E-state index contributed by atoms with van der Waals surface area (Å²) in [7, 11) is 1.95. The molecule has 0 saturated heterocycles. The Morgan fingerprint density at radius 2 is 1.85 bits per heavy atom. The minimum Gasteiger partial charge on any atom is -0.324 e. The molecule has 5 heteroatoms. The standard InChI is InChI=1S/C15H24ClN3O/c1-4-19(5-2)11-10-18(3)12-15(20)17-14-9-7-6-8-13(14)16/h6-9H,4-5,10-12H2,1-3H3,(H,17,20). The zero-order valence-corrected chi connectivity index (χ0v) is 13.3. The highest BCUT2D eigenvalue weighted by Gasteiger charge is 2.09. The first kappa shape index (κ1) is 17.0. The van der Waals surface area contributed by atoms with E-state index in [-0.39, 0.29) is 5.91 Å². The van der Waals surface area contributed by atoms with Crippen molar-refractivity contribution in [3.05, 3.63) is 29.3 Å². The Labute approximate surface area is 126 Å². The Kier molecular flexibility index (Phi) is 7.59. The summed E-state index contributed by atoms with van der Waals surface area (Å²) in [6.07, 6.45) is 0. The lowest BCUT2D eigenvalue weighted by molar-refractivity contribution is -0.117. The average molecular weight is 298 g/mol. The van der Waals surface area contributed by atoms with Gasteiger partial charge in [0.1, 0.15) is 0 Å². The van der Waals surface area contributed by atoms with Gasteiger partial charge in [-0.3, -0.25) is 9.69 Å². The second kappa shape index (κ2) is 8.95. The van der Waals surface area contributed by atoms with Crippen LogP contribution in [0.5, 0.6) is 0 Å². The summed E-state index contributed by atoms with van der Waals surface area (Å²) in [5.74, 6) is -0.0415. The van der Waals surface area contributed by atoms with Crippen LogP contribution >= 0.6 is 11.6 Å². The molecule has 1 aromatic rings. The van der Waals surface area contributed by atoms with E-state index in [0.717, 1.165) is 26.2 Å². The Hall–Kier alpha value is -1.10. The van der Waals surface area contributed by atoms with E-state index in [1.807, 2.05) is 24.1 Å². The largest absolute Gasteiger partial charge is 0.324 e. The maximum atomic E-state index is 11.9. The van der Waals surface area contributed by atoms with E-state index < -0.39 is 0 Å². The van der Waals surface area contributed by atoms with Crippen molar-refractivity contribution in [3.8, 4) is 0 Å². The molecule has 112 valence electrons. The van der Waals surface area contributed by atoms with Crippen molar-refractivity contribution >= 4 is 23.2 Å². The second-order valence-electron chi connectivity index (χ2n) is 4.79. The number of benzene rings is 1. The molecule has 4 nitrogen and oxygen atoms in total. The van der Waals surface area contributed by atoms with E-state index in [2.05, 4.69) is 24.1 Å². The molecule has 0 fully saturated rings. The van der Waals surface area contributed by atoms with Gasteiger partial charge in [0.05, 0.1) is 17.3 Å². The number of carbonyl (C=O) groups excluding carboxylic acids is 1. The normalized spacial score (nSPS) is 11.1. The van der Waals surface area contributed by atoms with Crippen LogP contribution in [0.15, 0.2) is 24.3 Å². The SMILES string of the molecule is CCN(CC)CCN(C)CC(=O)Nc1ccccc1Cl. The molecule has 0 saturated carbocycles.